The molecule has 1 heteroatoms. The SMILES string of the molecule is C=C/C=C\C=C/C(=C)O. The Labute approximate surface area is 55.3 Å². The van der Waals surface area contributed by atoms with Crippen molar-refractivity contribution in [3.8, 4) is 0 Å². The molecule has 0 spiro atoms. The van der Waals surface area contributed by atoms with Gasteiger partial charge in [-0.05, 0) is 6.08 Å². The van der Waals surface area contributed by atoms with Gasteiger partial charge in [0.2, 0.25) is 0 Å². The number of rotatable bonds is 3. The molecule has 0 bridgehead atoms. The molecule has 0 amide bonds. The Hall–Kier alpha value is -1.24. The summed E-state index contributed by atoms with van der Waals surface area (Å²) in [5.41, 5.74) is 0. The first kappa shape index (κ1) is 7.76. The maximum Gasteiger partial charge on any atom is 0.108 e. The molecule has 0 atom stereocenters. The highest BCUT2D eigenvalue weighted by Gasteiger charge is 1.69. The van der Waals surface area contributed by atoms with Gasteiger partial charge in [0.05, 0.1) is 0 Å². The minimum Gasteiger partial charge on any atom is -0.509 e. The van der Waals surface area contributed by atoms with Gasteiger partial charge in [-0.2, -0.15) is 0 Å². The van der Waals surface area contributed by atoms with E-state index in [9.17, 15) is 0 Å². The average molecular weight is 122 g/mol. The van der Waals surface area contributed by atoms with Crippen LogP contribution in [0, 0.1) is 0 Å². The lowest BCUT2D eigenvalue weighted by Crippen LogP contribution is -1.63. The van der Waals surface area contributed by atoms with Gasteiger partial charge >= 0.3 is 0 Å². The Bertz CT molecular complexity index is 152. The van der Waals surface area contributed by atoms with E-state index >= 15 is 0 Å². The molecular formula is C8H10O. The van der Waals surface area contributed by atoms with E-state index < -0.39 is 0 Å². The minimum atomic E-state index is 0.0590. The summed E-state index contributed by atoms with van der Waals surface area (Å²) < 4.78 is 0. The fraction of sp³-hybridized carbons (Fsp3) is 0. The third-order valence-corrected chi connectivity index (χ3v) is 0.647. The van der Waals surface area contributed by atoms with E-state index in [0.29, 0.717) is 0 Å². The van der Waals surface area contributed by atoms with Crippen molar-refractivity contribution in [1.29, 1.82) is 0 Å². The molecule has 0 aromatic carbocycles. The smallest absolute Gasteiger partial charge is 0.108 e. The zero-order chi connectivity index (χ0) is 7.11. The second-order valence-corrected chi connectivity index (χ2v) is 1.47. The van der Waals surface area contributed by atoms with Crippen molar-refractivity contribution in [3.63, 3.8) is 0 Å². The maximum absolute atomic E-state index is 8.51. The van der Waals surface area contributed by atoms with E-state index in [1.807, 2.05) is 0 Å². The van der Waals surface area contributed by atoms with Crippen molar-refractivity contribution in [2.75, 3.05) is 0 Å². The molecule has 0 saturated carbocycles. The number of aliphatic hydroxyl groups is 1. The molecule has 0 unspecified atom stereocenters. The molecule has 0 saturated heterocycles. The van der Waals surface area contributed by atoms with E-state index in [4.69, 9.17) is 5.11 Å². The molecule has 48 valence electrons. The fourth-order valence-electron chi connectivity index (χ4n) is 0.309. The topological polar surface area (TPSA) is 20.2 Å². The highest BCUT2D eigenvalue weighted by atomic mass is 16.3. The first-order valence-electron chi connectivity index (χ1n) is 2.61. The van der Waals surface area contributed by atoms with E-state index in [1.54, 1.807) is 24.3 Å². The highest BCUT2D eigenvalue weighted by molar-refractivity contribution is 5.15. The molecule has 0 rings (SSSR count). The van der Waals surface area contributed by atoms with Crippen molar-refractivity contribution >= 4 is 0 Å². The Morgan fingerprint density at radius 3 is 2.33 bits per heavy atom. The van der Waals surface area contributed by atoms with Crippen LogP contribution in [0.25, 0.3) is 0 Å². The van der Waals surface area contributed by atoms with E-state index in [-0.39, 0.29) is 5.76 Å². The summed E-state index contributed by atoms with van der Waals surface area (Å²) >= 11 is 0. The Kier molecular flexibility index (Phi) is 4.23. The van der Waals surface area contributed by atoms with Gasteiger partial charge < -0.3 is 5.11 Å². The van der Waals surface area contributed by atoms with Crippen LogP contribution in [-0.2, 0) is 0 Å². The van der Waals surface area contributed by atoms with Crippen LogP contribution in [0.1, 0.15) is 0 Å². The normalized spacial score (nSPS) is 10.7. The Balaban J connectivity index is 3.59. The second-order valence-electron chi connectivity index (χ2n) is 1.47. The second kappa shape index (κ2) is 4.91. The maximum atomic E-state index is 8.51. The zero-order valence-electron chi connectivity index (χ0n) is 5.25. The van der Waals surface area contributed by atoms with Crippen LogP contribution in [0.15, 0.2) is 49.3 Å². The molecule has 1 N–H and O–H groups in total. The van der Waals surface area contributed by atoms with Gasteiger partial charge in [-0.3, -0.25) is 0 Å². The number of hydrogen-bond donors (Lipinski definition) is 1. The molecule has 0 aromatic heterocycles. The van der Waals surface area contributed by atoms with Crippen molar-refractivity contribution < 1.29 is 5.11 Å². The summed E-state index contributed by atoms with van der Waals surface area (Å²) in [7, 11) is 0. The van der Waals surface area contributed by atoms with Crippen LogP contribution in [0.2, 0.25) is 0 Å². The molecule has 0 fully saturated rings. The molecule has 0 aliphatic heterocycles. The van der Waals surface area contributed by atoms with Gasteiger partial charge in [-0.25, -0.2) is 0 Å². The van der Waals surface area contributed by atoms with E-state index in [2.05, 4.69) is 13.2 Å². The minimum absolute atomic E-state index is 0.0590. The van der Waals surface area contributed by atoms with Crippen LogP contribution in [-0.4, -0.2) is 5.11 Å². The standard InChI is InChI=1S/C8H10O/c1-3-4-5-6-7-8(2)9/h3-7,9H,1-2H2/b5-4-,7-6-. The monoisotopic (exact) mass is 122 g/mol. The van der Waals surface area contributed by atoms with Crippen molar-refractivity contribution in [2.45, 2.75) is 0 Å². The number of hydrogen-bond acceptors (Lipinski definition) is 1. The lowest BCUT2D eigenvalue weighted by atomic mass is 10.4. The van der Waals surface area contributed by atoms with Crippen LogP contribution in [0.3, 0.4) is 0 Å². The third-order valence-electron chi connectivity index (χ3n) is 0.647. The van der Waals surface area contributed by atoms with E-state index in [0.717, 1.165) is 0 Å². The van der Waals surface area contributed by atoms with Crippen LogP contribution in [0.5, 0.6) is 0 Å². The molecule has 0 heterocycles. The van der Waals surface area contributed by atoms with Gasteiger partial charge in [0.25, 0.3) is 0 Å². The fourth-order valence-corrected chi connectivity index (χ4v) is 0.309. The van der Waals surface area contributed by atoms with Crippen molar-refractivity contribution in [3.05, 3.63) is 49.3 Å². The average Bonchev–Trinajstić information content (AvgIpc) is 1.80. The zero-order valence-corrected chi connectivity index (χ0v) is 5.25. The van der Waals surface area contributed by atoms with Crippen molar-refractivity contribution in [2.24, 2.45) is 0 Å². The summed E-state index contributed by atoms with van der Waals surface area (Å²) in [4.78, 5) is 0. The molecular weight excluding hydrogens is 112 g/mol. The number of aliphatic hydroxyl groups excluding tert-OH is 1. The summed E-state index contributed by atoms with van der Waals surface area (Å²) in [5, 5.41) is 8.51. The lowest BCUT2D eigenvalue weighted by molar-refractivity contribution is 0.435. The van der Waals surface area contributed by atoms with Crippen LogP contribution >= 0.6 is 0 Å². The first-order valence-corrected chi connectivity index (χ1v) is 2.61. The van der Waals surface area contributed by atoms with E-state index in [1.165, 1.54) is 6.08 Å². The summed E-state index contributed by atoms with van der Waals surface area (Å²) in [5.74, 6) is 0.0590. The van der Waals surface area contributed by atoms with Crippen molar-refractivity contribution in [1.82, 2.24) is 0 Å². The molecule has 0 radical (unpaired) electrons. The van der Waals surface area contributed by atoms with Gasteiger partial charge in [0.1, 0.15) is 5.76 Å². The van der Waals surface area contributed by atoms with Gasteiger partial charge in [-0.1, -0.05) is 37.5 Å². The Morgan fingerprint density at radius 1 is 1.22 bits per heavy atom. The lowest BCUT2D eigenvalue weighted by Gasteiger charge is -1.78. The van der Waals surface area contributed by atoms with Crippen LogP contribution < -0.4 is 0 Å². The molecule has 1 nitrogen and oxygen atoms in total. The van der Waals surface area contributed by atoms with Gasteiger partial charge in [0, 0.05) is 0 Å². The third kappa shape index (κ3) is 6.76. The number of allylic oxidation sites excluding steroid dienone is 5. The van der Waals surface area contributed by atoms with Gasteiger partial charge in [0.15, 0.2) is 0 Å². The quantitative estimate of drug-likeness (QED) is 0.450. The Morgan fingerprint density at radius 2 is 1.89 bits per heavy atom. The molecule has 0 aliphatic carbocycles. The predicted molar refractivity (Wildman–Crippen MR) is 40.2 cm³/mol. The first-order chi connectivity index (χ1) is 4.27. The van der Waals surface area contributed by atoms with Gasteiger partial charge in [-0.15, -0.1) is 0 Å². The predicted octanol–water partition coefficient (Wildman–Crippen LogP) is 2.36. The molecule has 0 aromatic rings. The molecule has 0 aliphatic rings. The summed E-state index contributed by atoms with van der Waals surface area (Å²) in [6.45, 7) is 6.73. The highest BCUT2D eigenvalue weighted by Crippen LogP contribution is 1.85. The largest absolute Gasteiger partial charge is 0.509 e. The summed E-state index contributed by atoms with van der Waals surface area (Å²) in [6, 6.07) is 0. The van der Waals surface area contributed by atoms with Crippen LogP contribution in [0.4, 0.5) is 0 Å². The molecule has 9 heavy (non-hydrogen) atoms. The summed E-state index contributed by atoms with van der Waals surface area (Å²) in [6.07, 6.45) is 8.36.